The molecule has 0 fully saturated rings. The number of nitro groups is 1. The summed E-state index contributed by atoms with van der Waals surface area (Å²) in [6.07, 6.45) is 0.628. The number of thiazole rings is 1. The first-order valence-corrected chi connectivity index (χ1v) is 6.89. The Morgan fingerprint density at radius 1 is 1.59 bits per heavy atom. The van der Waals surface area contributed by atoms with E-state index in [0.717, 1.165) is 20.8 Å². The highest BCUT2D eigenvalue weighted by Crippen LogP contribution is 2.30. The van der Waals surface area contributed by atoms with Crippen LogP contribution < -0.4 is 0 Å². The molecule has 0 bridgehead atoms. The van der Waals surface area contributed by atoms with Gasteiger partial charge in [-0.1, -0.05) is 22.9 Å². The van der Waals surface area contributed by atoms with E-state index >= 15 is 0 Å². The molecule has 6 heteroatoms. The Morgan fingerprint density at radius 2 is 2.29 bits per heavy atom. The first-order valence-electron chi connectivity index (χ1n) is 5.16. The van der Waals surface area contributed by atoms with Crippen molar-refractivity contribution < 1.29 is 4.92 Å². The second kappa shape index (κ2) is 4.70. The number of rotatable bonds is 3. The largest absolute Gasteiger partial charge is 0.274 e. The Labute approximate surface area is 111 Å². The fourth-order valence-corrected chi connectivity index (χ4v) is 2.95. The van der Waals surface area contributed by atoms with Crippen molar-refractivity contribution in [2.24, 2.45) is 0 Å². The smallest absolute Gasteiger partial charge is 0.258 e. The predicted molar refractivity (Wildman–Crippen MR) is 73.1 cm³/mol. The van der Waals surface area contributed by atoms with E-state index < -0.39 is 0 Å². The average molecular weight is 315 g/mol. The van der Waals surface area contributed by atoms with Gasteiger partial charge in [0.1, 0.15) is 0 Å². The van der Waals surface area contributed by atoms with Crippen molar-refractivity contribution in [2.45, 2.75) is 25.1 Å². The summed E-state index contributed by atoms with van der Waals surface area (Å²) in [5, 5.41) is 12.0. The third kappa shape index (κ3) is 2.63. The molecule has 1 aromatic heterocycles. The second-order valence-corrected chi connectivity index (χ2v) is 6.72. The molecule has 0 N–H and O–H groups in total. The second-order valence-electron chi connectivity index (χ2n) is 3.92. The molecule has 0 saturated carbocycles. The summed E-state index contributed by atoms with van der Waals surface area (Å²) in [6, 6.07) is 3.46. The summed E-state index contributed by atoms with van der Waals surface area (Å²) in [4.78, 5) is 15.3. The molecule has 1 atom stereocenters. The highest BCUT2D eigenvalue weighted by Gasteiger charge is 2.18. The number of fused-ring (bicyclic) bond motifs is 1. The van der Waals surface area contributed by atoms with Crippen LogP contribution in [-0.2, 0) is 6.42 Å². The number of nitrogens with zero attached hydrogens (tertiary/aromatic N) is 2. The average Bonchev–Trinajstić information content (AvgIpc) is 2.54. The van der Waals surface area contributed by atoms with Crippen molar-refractivity contribution in [3.05, 3.63) is 32.8 Å². The van der Waals surface area contributed by atoms with Gasteiger partial charge >= 0.3 is 0 Å². The molecular weight excluding hydrogens is 304 g/mol. The van der Waals surface area contributed by atoms with E-state index in [9.17, 15) is 10.1 Å². The van der Waals surface area contributed by atoms with Crippen LogP contribution in [0.5, 0.6) is 0 Å². The van der Waals surface area contributed by atoms with Crippen LogP contribution in [0.4, 0.5) is 5.69 Å². The first-order chi connectivity index (χ1) is 7.97. The number of aromatic nitrogens is 1. The number of hydrogen-bond acceptors (Lipinski definition) is 4. The minimum atomic E-state index is -0.320. The van der Waals surface area contributed by atoms with E-state index in [2.05, 4.69) is 20.9 Å². The van der Waals surface area contributed by atoms with Gasteiger partial charge in [-0.25, -0.2) is 4.98 Å². The SMILES string of the molecule is Cc1nc2cc(CC(C)Br)c([N+](=O)[O-])cc2s1. The molecule has 2 aromatic rings. The van der Waals surface area contributed by atoms with Crippen LogP contribution in [0.1, 0.15) is 17.5 Å². The molecule has 1 aromatic carbocycles. The van der Waals surface area contributed by atoms with Gasteiger partial charge in [0.05, 0.1) is 20.1 Å². The molecule has 0 spiro atoms. The molecule has 4 nitrogen and oxygen atoms in total. The summed E-state index contributed by atoms with van der Waals surface area (Å²) in [6.45, 7) is 3.88. The van der Waals surface area contributed by atoms with Gasteiger partial charge < -0.3 is 0 Å². The van der Waals surface area contributed by atoms with Crippen molar-refractivity contribution in [1.29, 1.82) is 0 Å². The summed E-state index contributed by atoms with van der Waals surface area (Å²) in [5.41, 5.74) is 1.77. The molecule has 0 saturated heterocycles. The standard InChI is InChI=1S/C11H11BrN2O2S/c1-6(12)3-8-4-9-11(17-7(2)13-9)5-10(8)14(15)16/h4-6H,3H2,1-2H3. The lowest BCUT2D eigenvalue weighted by Gasteiger charge is -2.04. The van der Waals surface area contributed by atoms with Crippen molar-refractivity contribution >= 4 is 43.2 Å². The summed E-state index contributed by atoms with van der Waals surface area (Å²) >= 11 is 4.91. The maximum atomic E-state index is 11.0. The number of alkyl halides is 1. The number of aryl methyl sites for hydroxylation is 1. The zero-order valence-corrected chi connectivity index (χ0v) is 11.8. The van der Waals surface area contributed by atoms with Gasteiger partial charge in [0.25, 0.3) is 5.69 Å². The number of hydrogen-bond donors (Lipinski definition) is 0. The summed E-state index contributed by atoms with van der Waals surface area (Å²) in [5.74, 6) is 0. The van der Waals surface area contributed by atoms with Crippen molar-refractivity contribution in [2.75, 3.05) is 0 Å². The summed E-state index contributed by atoms with van der Waals surface area (Å²) < 4.78 is 0.875. The van der Waals surface area contributed by atoms with Crippen LogP contribution >= 0.6 is 27.3 Å². The maximum absolute atomic E-state index is 11.0. The zero-order valence-electron chi connectivity index (χ0n) is 9.44. The van der Waals surface area contributed by atoms with E-state index in [1.54, 1.807) is 6.07 Å². The maximum Gasteiger partial charge on any atom is 0.274 e. The van der Waals surface area contributed by atoms with Crippen LogP contribution in [0.2, 0.25) is 0 Å². The molecular formula is C11H11BrN2O2S. The predicted octanol–water partition coefficient (Wildman–Crippen LogP) is 3.84. The minimum Gasteiger partial charge on any atom is -0.258 e. The molecule has 1 heterocycles. The van der Waals surface area contributed by atoms with Gasteiger partial charge in [-0.3, -0.25) is 10.1 Å². The van der Waals surface area contributed by atoms with Crippen molar-refractivity contribution in [3.63, 3.8) is 0 Å². The first kappa shape index (κ1) is 12.4. The molecule has 0 radical (unpaired) electrons. The van der Waals surface area contributed by atoms with E-state index in [0.29, 0.717) is 6.42 Å². The van der Waals surface area contributed by atoms with Gasteiger partial charge in [-0.15, -0.1) is 11.3 Å². The molecule has 2 rings (SSSR count). The van der Waals surface area contributed by atoms with E-state index in [-0.39, 0.29) is 15.4 Å². The highest BCUT2D eigenvalue weighted by atomic mass is 79.9. The topological polar surface area (TPSA) is 56.0 Å². The van der Waals surface area contributed by atoms with Crippen LogP contribution in [0.15, 0.2) is 12.1 Å². The Bertz CT molecular complexity index is 580. The monoisotopic (exact) mass is 314 g/mol. The number of halogens is 1. The Hall–Kier alpha value is -1.01. The van der Waals surface area contributed by atoms with Crippen molar-refractivity contribution in [3.8, 4) is 0 Å². The molecule has 0 amide bonds. The van der Waals surface area contributed by atoms with Crippen LogP contribution in [-0.4, -0.2) is 14.7 Å². The van der Waals surface area contributed by atoms with E-state index in [1.807, 2.05) is 19.9 Å². The fourth-order valence-electron chi connectivity index (χ4n) is 1.76. The van der Waals surface area contributed by atoms with Gasteiger partial charge in [0, 0.05) is 16.5 Å². The zero-order chi connectivity index (χ0) is 12.6. The minimum absolute atomic E-state index is 0.187. The van der Waals surface area contributed by atoms with Gasteiger partial charge in [0.2, 0.25) is 0 Å². The third-order valence-corrected chi connectivity index (χ3v) is 3.65. The molecule has 17 heavy (non-hydrogen) atoms. The fraction of sp³-hybridized carbons (Fsp3) is 0.364. The normalized spacial score (nSPS) is 12.9. The Balaban J connectivity index is 2.61. The molecule has 1 unspecified atom stereocenters. The van der Waals surface area contributed by atoms with Crippen LogP contribution in [0, 0.1) is 17.0 Å². The van der Waals surface area contributed by atoms with Crippen molar-refractivity contribution in [1.82, 2.24) is 4.98 Å². The van der Waals surface area contributed by atoms with Crippen LogP contribution in [0.3, 0.4) is 0 Å². The lowest BCUT2D eigenvalue weighted by molar-refractivity contribution is -0.385. The lowest BCUT2D eigenvalue weighted by atomic mass is 10.1. The Kier molecular flexibility index (Phi) is 3.44. The quantitative estimate of drug-likeness (QED) is 0.491. The van der Waals surface area contributed by atoms with Gasteiger partial charge in [-0.05, 0) is 19.4 Å². The number of nitro benzene ring substituents is 1. The molecule has 90 valence electrons. The summed E-state index contributed by atoms with van der Waals surface area (Å²) in [7, 11) is 0. The highest BCUT2D eigenvalue weighted by molar-refractivity contribution is 9.09. The number of benzene rings is 1. The molecule has 0 aliphatic heterocycles. The molecule has 0 aliphatic rings. The molecule has 0 aliphatic carbocycles. The van der Waals surface area contributed by atoms with Gasteiger partial charge in [-0.2, -0.15) is 0 Å². The lowest BCUT2D eigenvalue weighted by Crippen LogP contribution is -2.01. The third-order valence-electron chi connectivity index (χ3n) is 2.39. The van der Waals surface area contributed by atoms with E-state index in [4.69, 9.17) is 0 Å². The van der Waals surface area contributed by atoms with Gasteiger partial charge in [0.15, 0.2) is 0 Å². The van der Waals surface area contributed by atoms with Crippen LogP contribution in [0.25, 0.3) is 10.2 Å². The van der Waals surface area contributed by atoms with E-state index in [1.165, 1.54) is 11.3 Å². The Morgan fingerprint density at radius 3 is 2.88 bits per heavy atom.